The molecule has 0 saturated carbocycles. The van der Waals surface area contributed by atoms with E-state index in [0.29, 0.717) is 42.2 Å². The van der Waals surface area contributed by atoms with Gasteiger partial charge in [-0.05, 0) is 63.1 Å². The van der Waals surface area contributed by atoms with E-state index in [0.717, 1.165) is 39.4 Å². The van der Waals surface area contributed by atoms with Crippen LogP contribution in [0, 0.1) is 17.1 Å². The first-order chi connectivity index (χ1) is 24.1. The highest BCUT2D eigenvalue weighted by Gasteiger charge is 2.35. The number of pyridine rings is 1. The summed E-state index contributed by atoms with van der Waals surface area (Å²) in [6.07, 6.45) is 4.56. The van der Waals surface area contributed by atoms with Gasteiger partial charge in [0, 0.05) is 57.1 Å². The van der Waals surface area contributed by atoms with Gasteiger partial charge < -0.3 is 20.1 Å². The molecule has 2 N–H and O–H groups in total. The van der Waals surface area contributed by atoms with E-state index in [2.05, 4.69) is 20.9 Å². The molecule has 0 aliphatic carbocycles. The number of nitriles is 1. The van der Waals surface area contributed by atoms with Gasteiger partial charge >= 0.3 is 5.69 Å². The molecule has 0 unspecified atom stereocenters. The van der Waals surface area contributed by atoms with Gasteiger partial charge in [0.25, 0.3) is 5.91 Å². The Hall–Kier alpha value is -5.03. The molecule has 260 valence electrons. The number of anilines is 1. The number of imidazole rings is 1. The van der Waals surface area contributed by atoms with E-state index in [-0.39, 0.29) is 35.3 Å². The normalized spacial score (nSPS) is 19.7. The fourth-order valence-electron chi connectivity index (χ4n) is 7.31. The van der Waals surface area contributed by atoms with Crippen LogP contribution in [0.1, 0.15) is 32.7 Å². The quantitative estimate of drug-likeness (QED) is 0.216. The molecule has 4 aromatic rings. The lowest BCUT2D eigenvalue weighted by atomic mass is 9.96. The Morgan fingerprint density at radius 2 is 1.84 bits per heavy atom. The summed E-state index contributed by atoms with van der Waals surface area (Å²) < 4.78 is 29.4. The molecule has 1 atom stereocenters. The number of carbonyl (C=O) groups excluding carboxylic acids is 1. The number of hydrogen-bond acceptors (Lipinski definition) is 9. The first-order valence-corrected chi connectivity index (χ1v) is 17.0. The number of carbonyl (C=O) groups is 1. The van der Waals surface area contributed by atoms with E-state index >= 15 is 4.39 Å². The first kappa shape index (κ1) is 33.5. The minimum Gasteiger partial charge on any atom is -0.454 e. The molecule has 2 aromatic heterocycles. The molecule has 5 heterocycles. The highest BCUT2D eigenvalue weighted by atomic mass is 19.1. The molecule has 0 radical (unpaired) electrons. The third-order valence-corrected chi connectivity index (χ3v) is 10.1. The van der Waals surface area contributed by atoms with E-state index in [1.807, 2.05) is 19.9 Å². The number of nitrogens with zero attached hydrogens (tertiary/aromatic N) is 7. The molecule has 12 nitrogen and oxygen atoms in total. The van der Waals surface area contributed by atoms with Crippen molar-refractivity contribution >= 4 is 22.8 Å². The van der Waals surface area contributed by atoms with E-state index in [1.54, 1.807) is 51.9 Å². The fourth-order valence-corrected chi connectivity index (χ4v) is 7.31. The second-order valence-electron chi connectivity index (χ2n) is 13.7. The van der Waals surface area contributed by atoms with Crippen molar-refractivity contribution in [2.75, 3.05) is 58.2 Å². The molecule has 2 aromatic carbocycles. The standard InChI is InChI=1S/C37H41FN8O4/c1-37(2,44-17-15-42(16-18-44)28-23-49-24-28)20-25(21-39)35(47)43-14-6-7-27(22-43)45-31-12-13-41-34(40)33(31)46(36(45)48)26-10-11-32(30(38)19-26)50-29-8-4-3-5-9-29/h3-5,8-13,19-20,27-28H,6-7,14-18,22-24H2,1-2H3,(H2,40,41)/b25-20+/t27-/m1/s1. The molecule has 3 saturated heterocycles. The third kappa shape index (κ3) is 6.37. The lowest BCUT2D eigenvalue weighted by molar-refractivity contribution is -0.128. The van der Waals surface area contributed by atoms with E-state index in [1.165, 1.54) is 22.9 Å². The Morgan fingerprint density at radius 1 is 1.08 bits per heavy atom. The molecule has 0 spiro atoms. The van der Waals surface area contributed by atoms with Crippen LogP contribution in [0.3, 0.4) is 0 Å². The summed E-state index contributed by atoms with van der Waals surface area (Å²) in [6, 6.07) is 17.1. The minimum atomic E-state index is -0.648. The SMILES string of the molecule is CC(C)(/C=C(\C#N)C(=O)N1CCC[C@@H](n2c(=O)n(-c3ccc(Oc4ccccc4)c(F)c3)c3c(N)nccc32)C1)N1CCN(C2COC2)CC1. The molecule has 3 aliphatic heterocycles. The number of aromatic nitrogens is 3. The van der Waals surface area contributed by atoms with Gasteiger partial charge in [0.1, 0.15) is 28.7 Å². The summed E-state index contributed by atoms with van der Waals surface area (Å²) >= 11 is 0. The number of hydrogen-bond donors (Lipinski definition) is 1. The number of likely N-dealkylation sites (tertiary alicyclic amines) is 1. The van der Waals surface area contributed by atoms with Crippen molar-refractivity contribution in [1.29, 1.82) is 5.26 Å². The zero-order valence-corrected chi connectivity index (χ0v) is 28.3. The van der Waals surface area contributed by atoms with Crippen LogP contribution < -0.4 is 16.2 Å². The Balaban J connectivity index is 1.14. The predicted molar refractivity (Wildman–Crippen MR) is 187 cm³/mol. The zero-order valence-electron chi connectivity index (χ0n) is 28.3. The maximum Gasteiger partial charge on any atom is 0.334 e. The second-order valence-corrected chi connectivity index (χ2v) is 13.7. The van der Waals surface area contributed by atoms with Crippen LogP contribution in [0.2, 0.25) is 0 Å². The van der Waals surface area contributed by atoms with Crippen molar-refractivity contribution in [3.63, 3.8) is 0 Å². The predicted octanol–water partition coefficient (Wildman–Crippen LogP) is 4.11. The largest absolute Gasteiger partial charge is 0.454 e. The number of nitrogen functional groups attached to an aromatic ring is 1. The van der Waals surface area contributed by atoms with Gasteiger partial charge in [0.05, 0.1) is 36.5 Å². The number of piperidine rings is 1. The lowest BCUT2D eigenvalue weighted by Gasteiger charge is -2.46. The summed E-state index contributed by atoms with van der Waals surface area (Å²) in [5.41, 5.74) is 6.62. The van der Waals surface area contributed by atoms with Crippen molar-refractivity contribution in [2.45, 2.75) is 44.3 Å². The highest BCUT2D eigenvalue weighted by molar-refractivity contribution is 5.97. The van der Waals surface area contributed by atoms with Crippen molar-refractivity contribution in [2.24, 2.45) is 0 Å². The summed E-state index contributed by atoms with van der Waals surface area (Å²) in [4.78, 5) is 38.8. The van der Waals surface area contributed by atoms with Crippen LogP contribution in [0.15, 0.2) is 77.2 Å². The van der Waals surface area contributed by atoms with Crippen LogP contribution in [0.4, 0.5) is 10.2 Å². The summed E-state index contributed by atoms with van der Waals surface area (Å²) in [6.45, 7) is 9.80. The van der Waals surface area contributed by atoms with Gasteiger partial charge in [-0.2, -0.15) is 5.26 Å². The van der Waals surface area contributed by atoms with Gasteiger partial charge in [-0.25, -0.2) is 14.2 Å². The van der Waals surface area contributed by atoms with Crippen LogP contribution in [0.25, 0.3) is 16.7 Å². The van der Waals surface area contributed by atoms with Crippen molar-refractivity contribution in [1.82, 2.24) is 28.8 Å². The van der Waals surface area contributed by atoms with Crippen molar-refractivity contribution < 1.29 is 18.7 Å². The number of piperazine rings is 1. The topological polar surface area (TPSA) is 135 Å². The summed E-state index contributed by atoms with van der Waals surface area (Å²) in [7, 11) is 0. The first-order valence-electron chi connectivity index (χ1n) is 17.0. The van der Waals surface area contributed by atoms with Gasteiger partial charge in [0.2, 0.25) is 0 Å². The molecule has 1 amide bonds. The van der Waals surface area contributed by atoms with Gasteiger partial charge in [-0.15, -0.1) is 0 Å². The number of halogens is 1. The maximum atomic E-state index is 15.4. The zero-order chi connectivity index (χ0) is 35.0. The van der Waals surface area contributed by atoms with E-state index < -0.39 is 23.1 Å². The Kier molecular flexibility index (Phi) is 9.17. The summed E-state index contributed by atoms with van der Waals surface area (Å²) in [5.74, 6) is -0.395. The number of para-hydroxylation sites is 1. The number of benzene rings is 2. The molecule has 7 rings (SSSR count). The summed E-state index contributed by atoms with van der Waals surface area (Å²) in [5, 5.41) is 10.2. The Bertz CT molecular complexity index is 2020. The Labute approximate surface area is 289 Å². The number of amides is 1. The second kappa shape index (κ2) is 13.7. The lowest BCUT2D eigenvalue weighted by Crippen LogP contribution is -2.59. The molecule has 50 heavy (non-hydrogen) atoms. The van der Waals surface area contributed by atoms with Crippen molar-refractivity contribution in [3.8, 4) is 23.3 Å². The monoisotopic (exact) mass is 680 g/mol. The van der Waals surface area contributed by atoms with Gasteiger partial charge in [-0.3, -0.25) is 23.7 Å². The van der Waals surface area contributed by atoms with Gasteiger partial charge in [0.15, 0.2) is 11.6 Å². The number of fused-ring (bicyclic) bond motifs is 1. The minimum absolute atomic E-state index is 0.0137. The molecule has 0 bridgehead atoms. The average Bonchev–Trinajstić information content (AvgIpc) is 3.40. The van der Waals surface area contributed by atoms with Crippen LogP contribution >= 0.6 is 0 Å². The van der Waals surface area contributed by atoms with Crippen LogP contribution in [-0.4, -0.2) is 98.8 Å². The maximum absolute atomic E-state index is 15.4. The molecule has 3 fully saturated rings. The smallest absolute Gasteiger partial charge is 0.334 e. The Morgan fingerprint density at radius 3 is 2.52 bits per heavy atom. The number of rotatable bonds is 8. The van der Waals surface area contributed by atoms with E-state index in [9.17, 15) is 14.9 Å². The number of nitrogens with two attached hydrogens (primary N) is 1. The number of ether oxygens (including phenoxy) is 2. The van der Waals surface area contributed by atoms with Crippen molar-refractivity contribution in [3.05, 3.63) is 88.7 Å². The average molecular weight is 681 g/mol. The fraction of sp³-hybridized carbons (Fsp3) is 0.405. The molecular formula is C37H41FN8O4. The third-order valence-electron chi connectivity index (χ3n) is 10.1. The van der Waals surface area contributed by atoms with Crippen LogP contribution in [-0.2, 0) is 9.53 Å². The van der Waals surface area contributed by atoms with E-state index in [4.69, 9.17) is 15.2 Å². The molecule has 13 heteroatoms. The molecular weight excluding hydrogens is 639 g/mol. The highest BCUT2D eigenvalue weighted by Crippen LogP contribution is 2.32. The van der Waals surface area contributed by atoms with Gasteiger partial charge in [-0.1, -0.05) is 18.2 Å². The molecule has 3 aliphatic rings. The van der Waals surface area contributed by atoms with Crippen LogP contribution in [0.5, 0.6) is 11.5 Å².